The van der Waals surface area contributed by atoms with Crippen molar-refractivity contribution in [2.45, 2.75) is 33.1 Å². The highest BCUT2D eigenvalue weighted by atomic mass is 79.9. The van der Waals surface area contributed by atoms with Gasteiger partial charge in [-0.25, -0.2) is 14.5 Å². The number of pyridine rings is 1. The molecule has 0 bridgehead atoms. The number of amides is 3. The summed E-state index contributed by atoms with van der Waals surface area (Å²) >= 11 is 3.51. The van der Waals surface area contributed by atoms with Gasteiger partial charge in [-0.05, 0) is 72.1 Å². The van der Waals surface area contributed by atoms with E-state index in [1.165, 1.54) is 13.3 Å². The van der Waals surface area contributed by atoms with E-state index in [1.807, 2.05) is 37.3 Å². The lowest BCUT2D eigenvalue weighted by Gasteiger charge is -2.13. The first-order chi connectivity index (χ1) is 19.3. The van der Waals surface area contributed by atoms with Crippen LogP contribution in [-0.4, -0.2) is 40.4 Å². The fourth-order valence-corrected chi connectivity index (χ4v) is 4.26. The van der Waals surface area contributed by atoms with E-state index < -0.39 is 6.03 Å². The number of ether oxygens (including phenoxy) is 2. The topological polar surface area (TPSA) is 119 Å². The van der Waals surface area contributed by atoms with Gasteiger partial charge in [0.1, 0.15) is 29.7 Å². The summed E-state index contributed by atoms with van der Waals surface area (Å²) in [5.74, 6) is 1.61. The maximum absolute atomic E-state index is 13.0. The number of nitrogens with zero attached hydrogens (tertiary/aromatic N) is 3. The van der Waals surface area contributed by atoms with Crippen LogP contribution in [0.1, 0.15) is 31.0 Å². The molecular formula is C29H31BrN6O4. The summed E-state index contributed by atoms with van der Waals surface area (Å²) in [6.45, 7) is 4.09. The molecule has 10 nitrogen and oxygen atoms in total. The van der Waals surface area contributed by atoms with Gasteiger partial charge in [-0.15, -0.1) is 0 Å². The lowest BCUT2D eigenvalue weighted by Crippen LogP contribution is -2.21. The first-order valence-electron chi connectivity index (χ1n) is 12.8. The Morgan fingerprint density at radius 2 is 1.75 bits per heavy atom. The third-order valence-electron chi connectivity index (χ3n) is 5.77. The Morgan fingerprint density at radius 1 is 0.975 bits per heavy atom. The monoisotopic (exact) mass is 606 g/mol. The fourth-order valence-electron chi connectivity index (χ4n) is 3.80. The number of unbranched alkanes of at least 4 members (excludes halogenated alkanes) is 1. The van der Waals surface area contributed by atoms with Gasteiger partial charge in [0.05, 0.1) is 17.1 Å². The molecule has 3 N–H and O–H groups in total. The molecule has 2 aromatic carbocycles. The molecule has 0 aliphatic rings. The summed E-state index contributed by atoms with van der Waals surface area (Å²) < 4.78 is 13.1. The van der Waals surface area contributed by atoms with Crippen LogP contribution in [0.25, 0.3) is 5.69 Å². The van der Waals surface area contributed by atoms with Crippen LogP contribution in [0, 0.1) is 6.92 Å². The number of hydrogen-bond donors (Lipinski definition) is 3. The van der Waals surface area contributed by atoms with Gasteiger partial charge in [0.15, 0.2) is 0 Å². The molecule has 2 aromatic heterocycles. The molecule has 2 heterocycles. The average molecular weight is 608 g/mol. The fraction of sp³-hybridized carbons (Fsp3) is 0.241. The molecule has 40 heavy (non-hydrogen) atoms. The number of aryl methyl sites for hydroxylation is 2. The Balaban J connectivity index is 1.44. The Bertz CT molecular complexity index is 1470. The molecule has 0 atom stereocenters. The summed E-state index contributed by atoms with van der Waals surface area (Å²) in [5, 5.41) is 13.2. The van der Waals surface area contributed by atoms with E-state index >= 15 is 0 Å². The summed E-state index contributed by atoms with van der Waals surface area (Å²) in [5.41, 5.74) is 3.48. The second-order valence-corrected chi connectivity index (χ2v) is 9.91. The molecule has 208 valence electrons. The van der Waals surface area contributed by atoms with Crippen LogP contribution < -0.4 is 20.7 Å². The van der Waals surface area contributed by atoms with Crippen molar-refractivity contribution in [3.8, 4) is 17.2 Å². The van der Waals surface area contributed by atoms with E-state index in [4.69, 9.17) is 14.6 Å². The minimum Gasteiger partial charge on any atom is -0.457 e. The number of carbonyl (C=O) groups excluding carboxylic acids is 2. The number of hydrogen-bond acceptors (Lipinski definition) is 6. The largest absolute Gasteiger partial charge is 0.457 e. The van der Waals surface area contributed by atoms with E-state index in [0.29, 0.717) is 33.3 Å². The number of halogens is 1. The van der Waals surface area contributed by atoms with Gasteiger partial charge >= 0.3 is 6.03 Å². The highest BCUT2D eigenvalue weighted by Crippen LogP contribution is 2.31. The zero-order valence-corrected chi connectivity index (χ0v) is 24.1. The van der Waals surface area contributed by atoms with Gasteiger partial charge in [-0.3, -0.25) is 10.1 Å². The minimum absolute atomic E-state index is 0.0733. The van der Waals surface area contributed by atoms with Crippen molar-refractivity contribution in [2.24, 2.45) is 0 Å². The van der Waals surface area contributed by atoms with Crippen LogP contribution in [-0.2, 0) is 16.0 Å². The minimum atomic E-state index is -0.407. The lowest BCUT2D eigenvalue weighted by atomic mass is 10.2. The third kappa shape index (κ3) is 7.90. The van der Waals surface area contributed by atoms with E-state index in [0.717, 1.165) is 36.2 Å². The van der Waals surface area contributed by atoms with Crippen molar-refractivity contribution in [2.75, 3.05) is 29.7 Å². The maximum Gasteiger partial charge on any atom is 0.324 e. The second kappa shape index (κ2) is 13.7. The third-order valence-corrected chi connectivity index (χ3v) is 6.42. The van der Waals surface area contributed by atoms with Crippen LogP contribution in [0.3, 0.4) is 0 Å². The van der Waals surface area contributed by atoms with Crippen LogP contribution in [0.4, 0.5) is 22.1 Å². The normalized spacial score (nSPS) is 10.7. The molecule has 0 fully saturated rings. The highest BCUT2D eigenvalue weighted by molar-refractivity contribution is 9.10. The smallest absolute Gasteiger partial charge is 0.324 e. The zero-order chi connectivity index (χ0) is 28.5. The molecule has 0 saturated heterocycles. The van der Waals surface area contributed by atoms with E-state index in [9.17, 15) is 9.59 Å². The summed E-state index contributed by atoms with van der Waals surface area (Å²) in [6, 6.07) is 17.9. The first-order valence-corrected chi connectivity index (χ1v) is 13.6. The first kappa shape index (κ1) is 28.8. The number of benzene rings is 2. The van der Waals surface area contributed by atoms with Crippen molar-refractivity contribution < 1.29 is 19.1 Å². The summed E-state index contributed by atoms with van der Waals surface area (Å²) in [4.78, 5) is 28.8. The molecule has 3 amide bonds. The van der Waals surface area contributed by atoms with Gasteiger partial charge in [-0.2, -0.15) is 5.10 Å². The number of anilines is 3. The van der Waals surface area contributed by atoms with Gasteiger partial charge in [0.25, 0.3) is 5.91 Å². The Morgan fingerprint density at radius 3 is 2.48 bits per heavy atom. The highest BCUT2D eigenvalue weighted by Gasteiger charge is 2.14. The second-order valence-electron chi connectivity index (χ2n) is 9.05. The Labute approximate surface area is 241 Å². The van der Waals surface area contributed by atoms with Crippen molar-refractivity contribution in [3.63, 3.8) is 0 Å². The standard InChI is InChI=1S/C29H31BrN6O4/c1-4-5-6-20-15-27(36(35-20)21-9-7-19(2)8-10-21)34-29(38)32-25-12-11-22(16-24(25)30)40-23-13-14-31-26(17-23)33-28(37)18-39-3/h7-17H,4-6,18H2,1-3H3,(H,31,33,37)(H2,32,34,38). The summed E-state index contributed by atoms with van der Waals surface area (Å²) in [6.07, 6.45) is 4.43. The Hall–Kier alpha value is -4.22. The predicted molar refractivity (Wildman–Crippen MR) is 159 cm³/mol. The van der Waals surface area contributed by atoms with Gasteiger partial charge in [0.2, 0.25) is 0 Å². The molecule has 0 spiro atoms. The van der Waals surface area contributed by atoms with Crippen molar-refractivity contribution in [3.05, 3.63) is 82.6 Å². The summed E-state index contributed by atoms with van der Waals surface area (Å²) in [7, 11) is 1.44. The van der Waals surface area contributed by atoms with Crippen molar-refractivity contribution >= 4 is 45.2 Å². The molecule has 0 radical (unpaired) electrons. The number of aromatic nitrogens is 3. The van der Waals surface area contributed by atoms with Crippen LogP contribution in [0.5, 0.6) is 11.5 Å². The van der Waals surface area contributed by atoms with Crippen LogP contribution >= 0.6 is 15.9 Å². The SMILES string of the molecule is CCCCc1cc(NC(=O)Nc2ccc(Oc3ccnc(NC(=O)COC)c3)cc2Br)n(-c2ccc(C)cc2)n1. The number of rotatable bonds is 11. The van der Waals surface area contributed by atoms with Crippen molar-refractivity contribution in [1.82, 2.24) is 14.8 Å². The van der Waals surface area contributed by atoms with Gasteiger partial charge < -0.3 is 20.1 Å². The van der Waals surface area contributed by atoms with E-state index in [1.54, 1.807) is 35.0 Å². The molecule has 0 saturated carbocycles. The van der Waals surface area contributed by atoms with Gasteiger partial charge in [0, 0.05) is 29.9 Å². The Kier molecular flexibility index (Phi) is 9.87. The quantitative estimate of drug-likeness (QED) is 0.175. The molecule has 4 rings (SSSR count). The molecule has 4 aromatic rings. The maximum atomic E-state index is 13.0. The number of nitrogens with one attached hydrogen (secondary N) is 3. The molecule has 11 heteroatoms. The molecular weight excluding hydrogens is 576 g/mol. The van der Waals surface area contributed by atoms with Crippen LogP contribution in [0.2, 0.25) is 0 Å². The number of urea groups is 1. The molecule has 0 aliphatic carbocycles. The molecule has 0 aliphatic heterocycles. The predicted octanol–water partition coefficient (Wildman–Crippen LogP) is 6.70. The lowest BCUT2D eigenvalue weighted by molar-refractivity contribution is -0.119. The zero-order valence-electron chi connectivity index (χ0n) is 22.5. The van der Waals surface area contributed by atoms with Gasteiger partial charge in [-0.1, -0.05) is 31.0 Å². The van der Waals surface area contributed by atoms with E-state index in [2.05, 4.69) is 43.8 Å². The molecule has 0 unspecified atom stereocenters. The number of methoxy groups -OCH3 is 1. The van der Waals surface area contributed by atoms with Crippen LogP contribution in [0.15, 0.2) is 71.3 Å². The van der Waals surface area contributed by atoms with Crippen molar-refractivity contribution in [1.29, 1.82) is 0 Å². The van der Waals surface area contributed by atoms with E-state index in [-0.39, 0.29) is 12.5 Å². The number of carbonyl (C=O) groups is 2. The average Bonchev–Trinajstić information content (AvgIpc) is 3.32.